The van der Waals surface area contributed by atoms with Gasteiger partial charge in [-0.3, -0.25) is 0 Å². The number of nitrogens with one attached hydrogen (secondary N) is 1. The van der Waals surface area contributed by atoms with E-state index in [4.69, 9.17) is 4.74 Å². The standard InChI is InChI=1S/C16H23NO/c1-11(12-4-3-5-12)17-16-9-7-13-6-8-14(18-2)10-15(13)16/h6,8,10-12,16-17H,3-5,7,9H2,1-2H3. The molecule has 2 aliphatic carbocycles. The van der Waals surface area contributed by atoms with Gasteiger partial charge in [0.15, 0.2) is 0 Å². The molecule has 1 N–H and O–H groups in total. The molecule has 1 aromatic rings. The lowest BCUT2D eigenvalue weighted by Gasteiger charge is -2.34. The fourth-order valence-corrected chi connectivity index (χ4v) is 3.27. The number of hydrogen-bond donors (Lipinski definition) is 1. The molecule has 0 heterocycles. The minimum Gasteiger partial charge on any atom is -0.497 e. The molecule has 0 saturated heterocycles. The summed E-state index contributed by atoms with van der Waals surface area (Å²) in [5.74, 6) is 1.89. The quantitative estimate of drug-likeness (QED) is 0.877. The van der Waals surface area contributed by atoms with E-state index in [-0.39, 0.29) is 0 Å². The Morgan fingerprint density at radius 3 is 2.78 bits per heavy atom. The smallest absolute Gasteiger partial charge is 0.119 e. The van der Waals surface area contributed by atoms with Crippen molar-refractivity contribution in [3.05, 3.63) is 29.3 Å². The van der Waals surface area contributed by atoms with Crippen LogP contribution >= 0.6 is 0 Å². The molecule has 0 spiro atoms. The minimum atomic E-state index is 0.533. The van der Waals surface area contributed by atoms with E-state index in [1.807, 2.05) is 0 Å². The van der Waals surface area contributed by atoms with Crippen LogP contribution in [0.25, 0.3) is 0 Å². The first-order valence-electron chi connectivity index (χ1n) is 7.21. The van der Waals surface area contributed by atoms with Gasteiger partial charge in [-0.2, -0.15) is 0 Å². The van der Waals surface area contributed by atoms with Crippen LogP contribution in [0.3, 0.4) is 0 Å². The molecule has 3 rings (SSSR count). The first-order chi connectivity index (χ1) is 8.78. The molecule has 2 unspecified atom stereocenters. The third-order valence-corrected chi connectivity index (χ3v) is 4.75. The highest BCUT2D eigenvalue weighted by Crippen LogP contribution is 2.36. The zero-order valence-electron chi connectivity index (χ0n) is 11.4. The van der Waals surface area contributed by atoms with E-state index >= 15 is 0 Å². The Balaban J connectivity index is 1.72. The molecule has 2 aliphatic rings. The Labute approximate surface area is 110 Å². The Morgan fingerprint density at radius 1 is 1.28 bits per heavy atom. The lowest BCUT2D eigenvalue weighted by atomic mass is 9.80. The number of ether oxygens (including phenoxy) is 1. The second kappa shape index (κ2) is 4.93. The predicted molar refractivity (Wildman–Crippen MR) is 74.0 cm³/mol. The molecule has 0 radical (unpaired) electrons. The molecule has 18 heavy (non-hydrogen) atoms. The predicted octanol–water partition coefficient (Wildman–Crippen LogP) is 3.46. The van der Waals surface area contributed by atoms with Gasteiger partial charge < -0.3 is 10.1 Å². The SMILES string of the molecule is COc1ccc2c(c1)C(NC(C)C1CCC1)CC2. The van der Waals surface area contributed by atoms with Gasteiger partial charge in [0.2, 0.25) is 0 Å². The van der Waals surface area contributed by atoms with Crippen LogP contribution in [0.4, 0.5) is 0 Å². The first-order valence-corrected chi connectivity index (χ1v) is 7.21. The Hall–Kier alpha value is -1.02. The maximum Gasteiger partial charge on any atom is 0.119 e. The second-order valence-electron chi connectivity index (χ2n) is 5.80. The minimum absolute atomic E-state index is 0.533. The van der Waals surface area contributed by atoms with E-state index < -0.39 is 0 Å². The van der Waals surface area contributed by atoms with Gasteiger partial charge in [0.05, 0.1) is 7.11 Å². The summed E-state index contributed by atoms with van der Waals surface area (Å²) in [7, 11) is 1.75. The molecule has 2 nitrogen and oxygen atoms in total. The van der Waals surface area contributed by atoms with Crippen molar-refractivity contribution in [3.63, 3.8) is 0 Å². The van der Waals surface area contributed by atoms with Crippen molar-refractivity contribution in [1.82, 2.24) is 5.32 Å². The molecule has 1 fully saturated rings. The lowest BCUT2D eigenvalue weighted by molar-refractivity contribution is 0.226. The van der Waals surface area contributed by atoms with Gasteiger partial charge in [-0.1, -0.05) is 12.5 Å². The van der Waals surface area contributed by atoms with Crippen molar-refractivity contribution in [1.29, 1.82) is 0 Å². The number of benzene rings is 1. The highest BCUT2D eigenvalue weighted by atomic mass is 16.5. The molecule has 1 saturated carbocycles. The fourth-order valence-electron chi connectivity index (χ4n) is 3.27. The third-order valence-electron chi connectivity index (χ3n) is 4.75. The van der Waals surface area contributed by atoms with E-state index in [9.17, 15) is 0 Å². The Bertz CT molecular complexity index is 425. The van der Waals surface area contributed by atoms with Crippen molar-refractivity contribution < 1.29 is 4.74 Å². The Morgan fingerprint density at radius 2 is 2.11 bits per heavy atom. The van der Waals surface area contributed by atoms with Crippen LogP contribution in [0.2, 0.25) is 0 Å². The maximum atomic E-state index is 5.34. The normalized spacial score (nSPS) is 24.4. The zero-order chi connectivity index (χ0) is 12.5. The zero-order valence-corrected chi connectivity index (χ0v) is 11.4. The van der Waals surface area contributed by atoms with Crippen LogP contribution in [0.5, 0.6) is 5.75 Å². The van der Waals surface area contributed by atoms with E-state index in [0.29, 0.717) is 12.1 Å². The van der Waals surface area contributed by atoms with Crippen LogP contribution in [0.15, 0.2) is 18.2 Å². The first kappa shape index (κ1) is 12.0. The van der Waals surface area contributed by atoms with Crippen molar-refractivity contribution in [2.75, 3.05) is 7.11 Å². The van der Waals surface area contributed by atoms with Crippen LogP contribution in [0.1, 0.15) is 49.8 Å². The summed E-state index contributed by atoms with van der Waals surface area (Å²) < 4.78 is 5.34. The summed E-state index contributed by atoms with van der Waals surface area (Å²) in [6.45, 7) is 2.35. The molecule has 0 aliphatic heterocycles. The highest BCUT2D eigenvalue weighted by Gasteiger charge is 2.29. The van der Waals surface area contributed by atoms with Gasteiger partial charge >= 0.3 is 0 Å². The molecule has 98 valence electrons. The molecular weight excluding hydrogens is 222 g/mol. The van der Waals surface area contributed by atoms with E-state index in [1.54, 1.807) is 7.11 Å². The van der Waals surface area contributed by atoms with Gasteiger partial charge in [-0.15, -0.1) is 0 Å². The summed E-state index contributed by atoms with van der Waals surface area (Å²) in [5, 5.41) is 3.83. The molecule has 1 aromatic carbocycles. The van der Waals surface area contributed by atoms with Gasteiger partial charge in [-0.05, 0) is 61.8 Å². The fraction of sp³-hybridized carbons (Fsp3) is 0.625. The molecule has 0 bridgehead atoms. The summed E-state index contributed by atoms with van der Waals surface area (Å²) in [6, 6.07) is 7.71. The lowest BCUT2D eigenvalue weighted by Crippen LogP contribution is -2.38. The van der Waals surface area contributed by atoms with Crippen LogP contribution in [-0.4, -0.2) is 13.2 Å². The molecule has 2 heteroatoms. The van der Waals surface area contributed by atoms with Crippen molar-refractivity contribution >= 4 is 0 Å². The van der Waals surface area contributed by atoms with Gasteiger partial charge in [0, 0.05) is 12.1 Å². The third kappa shape index (κ3) is 2.14. The van der Waals surface area contributed by atoms with Crippen molar-refractivity contribution in [3.8, 4) is 5.75 Å². The maximum absolute atomic E-state index is 5.34. The molecule has 0 amide bonds. The van der Waals surface area contributed by atoms with Crippen molar-refractivity contribution in [2.24, 2.45) is 5.92 Å². The van der Waals surface area contributed by atoms with E-state index in [1.165, 1.54) is 43.2 Å². The summed E-state index contributed by atoms with van der Waals surface area (Å²) in [6.07, 6.45) is 6.68. The monoisotopic (exact) mass is 245 g/mol. The molecule has 2 atom stereocenters. The summed E-state index contributed by atoms with van der Waals surface area (Å²) in [4.78, 5) is 0. The van der Waals surface area contributed by atoms with Gasteiger partial charge in [0.1, 0.15) is 5.75 Å². The Kier molecular flexibility index (Phi) is 3.29. The number of aryl methyl sites for hydroxylation is 1. The molecule has 0 aromatic heterocycles. The van der Waals surface area contributed by atoms with Crippen LogP contribution in [0, 0.1) is 5.92 Å². The van der Waals surface area contributed by atoms with Crippen LogP contribution in [-0.2, 0) is 6.42 Å². The summed E-state index contributed by atoms with van der Waals surface area (Å²) in [5.41, 5.74) is 2.95. The van der Waals surface area contributed by atoms with E-state index in [0.717, 1.165) is 11.7 Å². The highest BCUT2D eigenvalue weighted by molar-refractivity contribution is 5.40. The van der Waals surface area contributed by atoms with Gasteiger partial charge in [-0.25, -0.2) is 0 Å². The number of fused-ring (bicyclic) bond motifs is 1. The summed E-state index contributed by atoms with van der Waals surface area (Å²) >= 11 is 0. The number of methoxy groups -OCH3 is 1. The molecular formula is C16H23NO. The number of rotatable bonds is 4. The van der Waals surface area contributed by atoms with Crippen molar-refractivity contribution in [2.45, 2.75) is 51.1 Å². The van der Waals surface area contributed by atoms with E-state index in [2.05, 4.69) is 30.4 Å². The topological polar surface area (TPSA) is 21.3 Å². The largest absolute Gasteiger partial charge is 0.497 e. The van der Waals surface area contributed by atoms with Gasteiger partial charge in [0.25, 0.3) is 0 Å². The number of hydrogen-bond acceptors (Lipinski definition) is 2. The average molecular weight is 245 g/mol. The van der Waals surface area contributed by atoms with Crippen LogP contribution < -0.4 is 10.1 Å². The average Bonchev–Trinajstić information content (AvgIpc) is 2.69. The second-order valence-corrected chi connectivity index (χ2v) is 5.80.